The molecule has 0 saturated carbocycles. The summed E-state index contributed by atoms with van der Waals surface area (Å²) in [6, 6.07) is 9.76. The summed E-state index contributed by atoms with van der Waals surface area (Å²) in [4.78, 5) is 17.4. The van der Waals surface area contributed by atoms with E-state index in [1.165, 1.54) is 18.5 Å². The van der Waals surface area contributed by atoms with Crippen molar-refractivity contribution in [3.8, 4) is 0 Å². The van der Waals surface area contributed by atoms with Crippen LogP contribution in [0.3, 0.4) is 0 Å². The third kappa shape index (κ3) is 8.58. The predicted octanol–water partition coefficient (Wildman–Crippen LogP) is 4.09. The molecule has 0 atom stereocenters. The Morgan fingerprint density at radius 1 is 1.10 bits per heavy atom. The largest absolute Gasteiger partial charge is 0.501 e. The molecule has 1 aromatic rings. The molecule has 1 aromatic carbocycles. The smallest absolute Gasteiger partial charge is 0.311 e. The third-order valence-corrected chi connectivity index (χ3v) is 5.37. The van der Waals surface area contributed by atoms with Crippen molar-refractivity contribution in [3.63, 3.8) is 0 Å². The highest BCUT2D eigenvalue weighted by molar-refractivity contribution is 5.75. The first-order valence-corrected chi connectivity index (χ1v) is 10.8. The summed E-state index contributed by atoms with van der Waals surface area (Å²) in [6.45, 7) is 15.7. The van der Waals surface area contributed by atoms with Crippen LogP contribution in [0.1, 0.15) is 46.1 Å². The molecule has 0 aromatic heterocycles. The molecule has 1 aliphatic heterocycles. The van der Waals surface area contributed by atoms with Gasteiger partial charge in [-0.2, -0.15) is 0 Å². The van der Waals surface area contributed by atoms with Gasteiger partial charge in [0, 0.05) is 32.7 Å². The first kappa shape index (κ1) is 23.4. The van der Waals surface area contributed by atoms with Crippen LogP contribution < -0.4 is 0 Å². The first-order valence-electron chi connectivity index (χ1n) is 10.8. The van der Waals surface area contributed by atoms with E-state index in [1.54, 1.807) is 0 Å². The molecule has 0 spiro atoms. The average Bonchev–Trinajstić information content (AvgIpc) is 2.72. The first-order chi connectivity index (χ1) is 13.9. The van der Waals surface area contributed by atoms with E-state index in [1.807, 2.05) is 50.4 Å². The molecule has 1 saturated heterocycles. The lowest BCUT2D eigenvalue weighted by molar-refractivity contribution is -0.156. The number of nitrogens with zero attached hydrogens (tertiary/aromatic N) is 2. The molecular weight excluding hydrogens is 364 g/mol. The lowest BCUT2D eigenvalue weighted by atomic mass is 9.90. The van der Waals surface area contributed by atoms with E-state index >= 15 is 0 Å². The van der Waals surface area contributed by atoms with Crippen LogP contribution in [0, 0.1) is 5.41 Å². The van der Waals surface area contributed by atoms with Gasteiger partial charge in [0.25, 0.3) is 0 Å². The maximum absolute atomic E-state index is 12.4. The zero-order chi connectivity index (χ0) is 21.1. The second kappa shape index (κ2) is 12.0. The second-order valence-electron chi connectivity index (χ2n) is 8.65. The predicted molar refractivity (Wildman–Crippen MR) is 118 cm³/mol. The number of carbonyl (C=O) groups excluding carboxylic acids is 1. The van der Waals surface area contributed by atoms with E-state index in [0.717, 1.165) is 38.3 Å². The summed E-state index contributed by atoms with van der Waals surface area (Å²) in [5.41, 5.74) is 1.66. The molecule has 1 aliphatic rings. The van der Waals surface area contributed by atoms with Crippen molar-refractivity contribution in [3.05, 3.63) is 47.7 Å². The van der Waals surface area contributed by atoms with Gasteiger partial charge in [0.2, 0.25) is 0 Å². The lowest BCUT2D eigenvalue weighted by Gasteiger charge is -2.34. The fourth-order valence-electron chi connectivity index (χ4n) is 3.41. The van der Waals surface area contributed by atoms with Gasteiger partial charge in [-0.1, -0.05) is 37.3 Å². The Kier molecular flexibility index (Phi) is 9.68. The van der Waals surface area contributed by atoms with Gasteiger partial charge in [0.1, 0.15) is 6.61 Å². The number of piperazine rings is 1. The highest BCUT2D eigenvalue weighted by Gasteiger charge is 2.29. The Morgan fingerprint density at radius 3 is 2.41 bits per heavy atom. The normalized spacial score (nSPS) is 16.6. The summed E-state index contributed by atoms with van der Waals surface area (Å²) in [6.07, 6.45) is 3.70. The molecule has 0 bridgehead atoms. The van der Waals surface area contributed by atoms with Crippen molar-refractivity contribution in [2.45, 2.75) is 47.1 Å². The molecule has 0 N–H and O–H groups in total. The molecular formula is C24H38N2O3. The van der Waals surface area contributed by atoms with Crippen molar-refractivity contribution in [1.29, 1.82) is 0 Å². The second-order valence-corrected chi connectivity index (χ2v) is 8.65. The Bertz CT molecular complexity index is 635. The molecule has 29 heavy (non-hydrogen) atoms. The van der Waals surface area contributed by atoms with Crippen molar-refractivity contribution in [1.82, 2.24) is 9.80 Å². The number of ether oxygens (including phenoxy) is 2. The Hall–Kier alpha value is -1.85. The molecule has 5 nitrogen and oxygen atoms in total. The van der Waals surface area contributed by atoms with Crippen LogP contribution in [0.2, 0.25) is 0 Å². The highest BCUT2D eigenvalue weighted by Crippen LogP contribution is 2.23. The monoisotopic (exact) mass is 402 g/mol. The van der Waals surface area contributed by atoms with E-state index in [0.29, 0.717) is 19.6 Å². The standard InChI is InChI=1S/C24H38N2O3/c1-5-12-25-13-15-26(16-14-25)18-21(2)19-28-17-11-24(3,4)23(27)29-20-22-9-7-6-8-10-22/h6-10,19H,5,11-18,20H2,1-4H3/b21-19+. The van der Waals surface area contributed by atoms with E-state index < -0.39 is 5.41 Å². The molecule has 2 rings (SSSR count). The summed E-state index contributed by atoms with van der Waals surface area (Å²) >= 11 is 0. The fourth-order valence-corrected chi connectivity index (χ4v) is 3.41. The van der Waals surface area contributed by atoms with Crippen LogP contribution in [0.5, 0.6) is 0 Å². The lowest BCUT2D eigenvalue weighted by Crippen LogP contribution is -2.46. The summed E-state index contributed by atoms with van der Waals surface area (Å²) in [5.74, 6) is -0.185. The Balaban J connectivity index is 1.65. The van der Waals surface area contributed by atoms with Crippen LogP contribution in [-0.2, 0) is 20.9 Å². The summed E-state index contributed by atoms with van der Waals surface area (Å²) in [7, 11) is 0. The van der Waals surface area contributed by atoms with Gasteiger partial charge < -0.3 is 14.4 Å². The molecule has 5 heteroatoms. The fraction of sp³-hybridized carbons (Fsp3) is 0.625. The van der Waals surface area contributed by atoms with Gasteiger partial charge in [-0.3, -0.25) is 9.69 Å². The molecule has 0 unspecified atom stereocenters. The maximum Gasteiger partial charge on any atom is 0.311 e. The van der Waals surface area contributed by atoms with E-state index in [9.17, 15) is 4.79 Å². The van der Waals surface area contributed by atoms with Crippen molar-refractivity contribution < 1.29 is 14.3 Å². The Morgan fingerprint density at radius 2 is 1.76 bits per heavy atom. The van der Waals surface area contributed by atoms with E-state index in [2.05, 4.69) is 23.6 Å². The quantitative estimate of drug-likeness (QED) is 0.317. The maximum atomic E-state index is 12.4. The van der Waals surface area contributed by atoms with Crippen LogP contribution >= 0.6 is 0 Å². The molecule has 162 valence electrons. The van der Waals surface area contributed by atoms with Gasteiger partial charge in [-0.25, -0.2) is 0 Å². The zero-order valence-corrected chi connectivity index (χ0v) is 18.7. The number of esters is 1. The van der Waals surface area contributed by atoms with Gasteiger partial charge in [0.15, 0.2) is 0 Å². The Labute approximate surface area is 176 Å². The molecule has 1 heterocycles. The summed E-state index contributed by atoms with van der Waals surface area (Å²) in [5, 5.41) is 0. The number of benzene rings is 1. The van der Waals surface area contributed by atoms with Crippen LogP contribution in [0.25, 0.3) is 0 Å². The van der Waals surface area contributed by atoms with Crippen LogP contribution in [-0.4, -0.2) is 61.6 Å². The van der Waals surface area contributed by atoms with Gasteiger partial charge in [-0.15, -0.1) is 0 Å². The van der Waals surface area contributed by atoms with Gasteiger partial charge in [0.05, 0.1) is 18.3 Å². The number of carbonyl (C=O) groups is 1. The minimum atomic E-state index is -0.563. The van der Waals surface area contributed by atoms with Crippen molar-refractivity contribution in [2.24, 2.45) is 5.41 Å². The zero-order valence-electron chi connectivity index (χ0n) is 18.7. The average molecular weight is 403 g/mol. The van der Waals surface area contributed by atoms with Crippen molar-refractivity contribution >= 4 is 5.97 Å². The third-order valence-electron chi connectivity index (χ3n) is 5.37. The van der Waals surface area contributed by atoms with Crippen LogP contribution in [0.15, 0.2) is 42.2 Å². The van der Waals surface area contributed by atoms with Gasteiger partial charge in [-0.05, 0) is 51.3 Å². The molecule has 0 aliphatic carbocycles. The summed E-state index contributed by atoms with van der Waals surface area (Å²) < 4.78 is 11.2. The van der Waals surface area contributed by atoms with Crippen molar-refractivity contribution in [2.75, 3.05) is 45.9 Å². The highest BCUT2D eigenvalue weighted by atomic mass is 16.5. The SMILES string of the molecule is CCCN1CCN(C/C(C)=C/OCCC(C)(C)C(=O)OCc2ccccc2)CC1. The van der Waals surface area contributed by atoms with Gasteiger partial charge >= 0.3 is 5.97 Å². The molecule has 1 fully saturated rings. The minimum Gasteiger partial charge on any atom is -0.501 e. The number of hydrogen-bond donors (Lipinski definition) is 0. The molecule has 0 radical (unpaired) electrons. The topological polar surface area (TPSA) is 42.0 Å². The minimum absolute atomic E-state index is 0.185. The molecule has 0 amide bonds. The van der Waals surface area contributed by atoms with Crippen LogP contribution in [0.4, 0.5) is 0 Å². The number of rotatable bonds is 11. The van der Waals surface area contributed by atoms with E-state index in [-0.39, 0.29) is 5.97 Å². The number of hydrogen-bond acceptors (Lipinski definition) is 5. The van der Waals surface area contributed by atoms with E-state index in [4.69, 9.17) is 9.47 Å².